The van der Waals surface area contributed by atoms with Crippen LogP contribution in [0.15, 0.2) is 48.5 Å². The van der Waals surface area contributed by atoms with Crippen LogP contribution in [0.3, 0.4) is 0 Å². The second kappa shape index (κ2) is 17.3. The van der Waals surface area contributed by atoms with Gasteiger partial charge in [-0.25, -0.2) is 4.79 Å². The summed E-state index contributed by atoms with van der Waals surface area (Å²) in [5.41, 5.74) is 3.88. The van der Waals surface area contributed by atoms with E-state index in [9.17, 15) is 19.2 Å². The Balaban J connectivity index is 1.78. The third kappa shape index (κ3) is 9.86. The first kappa shape index (κ1) is 40.5. The van der Waals surface area contributed by atoms with Crippen molar-refractivity contribution in [2.24, 2.45) is 17.8 Å². The number of hydrogen-bond donors (Lipinski definition) is 1. The second-order valence-corrected chi connectivity index (χ2v) is 15.3. The number of methoxy groups -OCH3 is 1. The molecule has 2 aromatic rings. The molecule has 0 aromatic heterocycles. The Morgan fingerprint density at radius 1 is 0.860 bits per heavy atom. The molecule has 0 spiro atoms. The number of rotatable bonds is 15. The van der Waals surface area contributed by atoms with E-state index in [1.165, 1.54) is 16.9 Å². The quantitative estimate of drug-likeness (QED) is 0.208. The number of amides is 3. The number of nitrogens with one attached hydrogen (secondary N) is 1. The lowest BCUT2D eigenvalue weighted by atomic mass is 9.83. The molecule has 3 amide bonds. The number of nitrogens with zero attached hydrogens (tertiary/aromatic N) is 2. The third-order valence-corrected chi connectivity index (χ3v) is 9.49. The van der Waals surface area contributed by atoms with Crippen molar-refractivity contribution in [3.05, 3.63) is 59.7 Å². The Bertz CT molecular complexity index is 1440. The van der Waals surface area contributed by atoms with E-state index in [1.807, 2.05) is 52.0 Å². The zero-order chi connectivity index (χ0) is 37.5. The van der Waals surface area contributed by atoms with Crippen molar-refractivity contribution in [1.82, 2.24) is 15.1 Å². The van der Waals surface area contributed by atoms with Crippen LogP contribution in [0.4, 0.5) is 4.79 Å². The molecule has 0 fully saturated rings. The molecule has 1 aliphatic carbocycles. The van der Waals surface area contributed by atoms with Crippen molar-refractivity contribution >= 4 is 23.9 Å². The standard InChI is InChI=1S/C40H59N3O7/c1-13-26(6)36(33-30-20-16-14-18-28(30)29-19-15-17-21-31(29)33)49-39(47)43(11)35(25(4)5)37(45)41-34(24(2)3)38(46)42(10)23-27(48-12)22-32(44)50-40(7,8)9/h14-21,24-27,33-36H,13,22-23H2,1-12H3,(H,41,45)/t26-,27+,34-,35-,36?/m0/s1. The summed E-state index contributed by atoms with van der Waals surface area (Å²) in [6.07, 6.45) is -0.889. The molecule has 0 aliphatic heterocycles. The highest BCUT2D eigenvalue weighted by atomic mass is 16.6. The summed E-state index contributed by atoms with van der Waals surface area (Å²) in [4.78, 5) is 56.9. The van der Waals surface area contributed by atoms with Crippen LogP contribution in [0.5, 0.6) is 0 Å². The van der Waals surface area contributed by atoms with Gasteiger partial charge in [-0.15, -0.1) is 0 Å². The van der Waals surface area contributed by atoms with Gasteiger partial charge in [0, 0.05) is 33.7 Å². The Morgan fingerprint density at radius 2 is 1.40 bits per heavy atom. The van der Waals surface area contributed by atoms with Gasteiger partial charge in [-0.1, -0.05) is 96.5 Å². The summed E-state index contributed by atoms with van der Waals surface area (Å²) in [5, 5.41) is 2.93. The van der Waals surface area contributed by atoms with Crippen LogP contribution in [0.1, 0.15) is 92.2 Å². The summed E-state index contributed by atoms with van der Waals surface area (Å²) < 4.78 is 17.3. The van der Waals surface area contributed by atoms with Gasteiger partial charge in [0.05, 0.1) is 12.5 Å². The predicted octanol–water partition coefficient (Wildman–Crippen LogP) is 6.65. The van der Waals surface area contributed by atoms with E-state index < -0.39 is 47.9 Å². The van der Waals surface area contributed by atoms with Crippen LogP contribution < -0.4 is 5.32 Å². The predicted molar refractivity (Wildman–Crippen MR) is 195 cm³/mol. The number of hydrogen-bond acceptors (Lipinski definition) is 7. The average molecular weight is 694 g/mol. The van der Waals surface area contributed by atoms with E-state index >= 15 is 0 Å². The summed E-state index contributed by atoms with van der Waals surface area (Å²) in [5.74, 6) is -1.86. The zero-order valence-corrected chi connectivity index (χ0v) is 32.1. The van der Waals surface area contributed by atoms with Gasteiger partial charge in [0.2, 0.25) is 11.8 Å². The van der Waals surface area contributed by atoms with E-state index in [4.69, 9.17) is 14.2 Å². The van der Waals surface area contributed by atoms with Gasteiger partial charge in [-0.2, -0.15) is 0 Å². The normalized spacial score (nSPS) is 15.7. The van der Waals surface area contributed by atoms with Crippen molar-refractivity contribution in [2.75, 3.05) is 27.7 Å². The molecule has 3 rings (SSSR count). The largest absolute Gasteiger partial charge is 0.460 e. The van der Waals surface area contributed by atoms with Crippen molar-refractivity contribution < 1.29 is 33.4 Å². The molecule has 1 aliphatic rings. The van der Waals surface area contributed by atoms with E-state index in [0.717, 1.165) is 28.7 Å². The van der Waals surface area contributed by atoms with E-state index in [0.29, 0.717) is 0 Å². The molecule has 1 N–H and O–H groups in total. The number of esters is 1. The molecule has 0 saturated heterocycles. The Kier molecular flexibility index (Phi) is 14.0. The molecule has 0 bridgehead atoms. The second-order valence-electron chi connectivity index (χ2n) is 15.3. The molecule has 50 heavy (non-hydrogen) atoms. The molecule has 0 heterocycles. The lowest BCUT2D eigenvalue weighted by Gasteiger charge is -2.36. The number of benzene rings is 2. The van der Waals surface area contributed by atoms with Crippen LogP contribution in [0.25, 0.3) is 11.1 Å². The minimum absolute atomic E-state index is 0.0257. The van der Waals surface area contributed by atoms with Crippen LogP contribution in [0, 0.1) is 17.8 Å². The molecule has 5 atom stereocenters. The highest BCUT2D eigenvalue weighted by Crippen LogP contribution is 2.48. The summed E-state index contributed by atoms with van der Waals surface area (Å²) in [6, 6.07) is 14.7. The molecule has 1 unspecified atom stereocenters. The molecular weight excluding hydrogens is 634 g/mol. The molecule has 10 nitrogen and oxygen atoms in total. The Hall–Kier alpha value is -3.92. The number of ether oxygens (including phenoxy) is 3. The molecular formula is C40H59N3O7. The maximum absolute atomic E-state index is 14.0. The highest BCUT2D eigenvalue weighted by Gasteiger charge is 2.41. The topological polar surface area (TPSA) is 114 Å². The first-order chi connectivity index (χ1) is 23.4. The van der Waals surface area contributed by atoms with Gasteiger partial charge in [0.15, 0.2) is 0 Å². The monoisotopic (exact) mass is 693 g/mol. The fraction of sp³-hybridized carbons (Fsp3) is 0.600. The lowest BCUT2D eigenvalue weighted by molar-refractivity contribution is -0.158. The minimum atomic E-state index is -0.901. The minimum Gasteiger partial charge on any atom is -0.460 e. The van der Waals surface area contributed by atoms with Gasteiger partial charge in [-0.05, 0) is 60.8 Å². The van der Waals surface area contributed by atoms with Gasteiger partial charge >= 0.3 is 12.1 Å². The van der Waals surface area contributed by atoms with Gasteiger partial charge < -0.3 is 24.4 Å². The van der Waals surface area contributed by atoms with Gasteiger partial charge in [-0.3, -0.25) is 19.3 Å². The first-order valence-corrected chi connectivity index (χ1v) is 17.8. The highest BCUT2D eigenvalue weighted by molar-refractivity contribution is 5.91. The fourth-order valence-corrected chi connectivity index (χ4v) is 6.71. The molecule has 0 saturated carbocycles. The molecule has 10 heteroatoms. The van der Waals surface area contributed by atoms with Crippen molar-refractivity contribution in [3.8, 4) is 11.1 Å². The summed E-state index contributed by atoms with van der Waals surface area (Å²) in [7, 11) is 4.67. The Labute approximate surface area is 299 Å². The number of likely N-dealkylation sites (N-methyl/N-ethyl adjacent to an activating group) is 2. The van der Waals surface area contributed by atoms with Gasteiger partial charge in [0.1, 0.15) is 23.8 Å². The van der Waals surface area contributed by atoms with Gasteiger partial charge in [0.25, 0.3) is 0 Å². The number of carbonyl (C=O) groups excluding carboxylic acids is 4. The SMILES string of the molecule is CC[C@H](C)C(OC(=O)N(C)[C@H](C(=O)N[C@H](C(=O)N(C)C[C@@H](CC(=O)OC(C)(C)C)OC)C(C)C)C(C)C)C1c2ccccc2-c2ccccc21. The maximum Gasteiger partial charge on any atom is 0.410 e. The maximum atomic E-state index is 14.0. The first-order valence-electron chi connectivity index (χ1n) is 17.8. The number of carbonyl (C=O) groups is 4. The summed E-state index contributed by atoms with van der Waals surface area (Å²) in [6.45, 7) is 17.1. The lowest BCUT2D eigenvalue weighted by Crippen LogP contribution is -2.58. The fourth-order valence-electron chi connectivity index (χ4n) is 6.71. The zero-order valence-electron chi connectivity index (χ0n) is 32.1. The van der Waals surface area contributed by atoms with E-state index in [2.05, 4.69) is 43.4 Å². The molecule has 276 valence electrons. The summed E-state index contributed by atoms with van der Waals surface area (Å²) >= 11 is 0. The van der Waals surface area contributed by atoms with E-state index in [-0.39, 0.29) is 42.5 Å². The molecule has 2 aromatic carbocycles. The van der Waals surface area contributed by atoms with Crippen molar-refractivity contribution in [3.63, 3.8) is 0 Å². The Morgan fingerprint density at radius 3 is 1.86 bits per heavy atom. The van der Waals surface area contributed by atoms with Crippen LogP contribution in [0.2, 0.25) is 0 Å². The van der Waals surface area contributed by atoms with Crippen LogP contribution in [-0.4, -0.2) is 91.3 Å². The van der Waals surface area contributed by atoms with E-state index in [1.54, 1.807) is 34.9 Å². The van der Waals surface area contributed by atoms with Crippen LogP contribution >= 0.6 is 0 Å². The van der Waals surface area contributed by atoms with Crippen molar-refractivity contribution in [1.29, 1.82) is 0 Å². The van der Waals surface area contributed by atoms with Crippen molar-refractivity contribution in [2.45, 2.75) is 111 Å². The smallest absolute Gasteiger partial charge is 0.410 e. The van der Waals surface area contributed by atoms with Crippen LogP contribution in [-0.2, 0) is 28.6 Å². The molecule has 0 radical (unpaired) electrons. The number of fused-ring (bicyclic) bond motifs is 3. The average Bonchev–Trinajstić information content (AvgIpc) is 3.37. The third-order valence-electron chi connectivity index (χ3n) is 9.49.